The van der Waals surface area contributed by atoms with Gasteiger partial charge in [-0.3, -0.25) is 4.79 Å². The van der Waals surface area contributed by atoms with Gasteiger partial charge in [0.1, 0.15) is 6.10 Å². The van der Waals surface area contributed by atoms with Crippen LogP contribution in [0.3, 0.4) is 0 Å². The van der Waals surface area contributed by atoms with E-state index >= 15 is 0 Å². The first-order valence-corrected chi connectivity index (χ1v) is 7.93. The summed E-state index contributed by atoms with van der Waals surface area (Å²) < 4.78 is 5.77. The molecule has 0 radical (unpaired) electrons. The zero-order valence-electron chi connectivity index (χ0n) is 12.3. The normalized spacial score (nSPS) is 18.8. The van der Waals surface area contributed by atoms with Crippen molar-refractivity contribution < 1.29 is 9.53 Å². The van der Waals surface area contributed by atoms with Crippen LogP contribution in [0.5, 0.6) is 0 Å². The lowest BCUT2D eigenvalue weighted by atomic mass is 10.1. The first-order chi connectivity index (χ1) is 10.2. The number of unbranched alkanes of at least 4 members (excludes halogenated alkanes) is 2. The van der Waals surface area contributed by atoms with Crippen LogP contribution in [0.15, 0.2) is 24.3 Å². The van der Waals surface area contributed by atoms with Crippen LogP contribution in [-0.4, -0.2) is 37.0 Å². The van der Waals surface area contributed by atoms with Crippen molar-refractivity contribution in [3.8, 4) is 0 Å². The van der Waals surface area contributed by atoms with Crippen molar-refractivity contribution >= 4 is 17.5 Å². The highest BCUT2D eigenvalue weighted by molar-refractivity contribution is 6.30. The molecule has 0 aliphatic carbocycles. The maximum absolute atomic E-state index is 12.2. The van der Waals surface area contributed by atoms with Gasteiger partial charge in [0.05, 0.1) is 13.2 Å². The van der Waals surface area contributed by atoms with E-state index in [-0.39, 0.29) is 12.0 Å². The van der Waals surface area contributed by atoms with Crippen molar-refractivity contribution in [2.24, 2.45) is 5.73 Å². The second-order valence-corrected chi connectivity index (χ2v) is 5.79. The summed E-state index contributed by atoms with van der Waals surface area (Å²) in [5, 5.41) is 0.711. The fourth-order valence-corrected chi connectivity index (χ4v) is 2.64. The van der Waals surface area contributed by atoms with Crippen molar-refractivity contribution in [2.45, 2.75) is 31.8 Å². The summed E-state index contributed by atoms with van der Waals surface area (Å²) in [4.78, 5) is 14.1. The Morgan fingerprint density at radius 3 is 2.76 bits per heavy atom. The molecule has 1 heterocycles. The Balaban J connectivity index is 1.85. The Bertz CT molecular complexity index is 450. The maximum atomic E-state index is 12.2. The smallest absolute Gasteiger partial charge is 0.222 e. The van der Waals surface area contributed by atoms with Crippen LogP contribution in [0.1, 0.15) is 37.4 Å². The molecular formula is C16H23ClN2O2. The molecule has 1 amide bonds. The molecular weight excluding hydrogens is 288 g/mol. The van der Waals surface area contributed by atoms with E-state index < -0.39 is 0 Å². The van der Waals surface area contributed by atoms with Gasteiger partial charge in [-0.1, -0.05) is 30.2 Å². The van der Waals surface area contributed by atoms with Gasteiger partial charge in [0.25, 0.3) is 0 Å². The zero-order valence-corrected chi connectivity index (χ0v) is 13.0. The van der Waals surface area contributed by atoms with Crippen LogP contribution in [0.4, 0.5) is 0 Å². The van der Waals surface area contributed by atoms with Crippen LogP contribution < -0.4 is 5.73 Å². The number of hydrogen-bond acceptors (Lipinski definition) is 3. The van der Waals surface area contributed by atoms with E-state index in [0.717, 1.165) is 24.8 Å². The Morgan fingerprint density at radius 2 is 2.05 bits per heavy atom. The van der Waals surface area contributed by atoms with E-state index in [4.69, 9.17) is 22.1 Å². The van der Waals surface area contributed by atoms with Gasteiger partial charge in [-0.05, 0) is 37.1 Å². The largest absolute Gasteiger partial charge is 0.370 e. The number of nitrogens with zero attached hydrogens (tertiary/aromatic N) is 1. The Kier molecular flexibility index (Phi) is 6.49. The van der Waals surface area contributed by atoms with Gasteiger partial charge in [-0.15, -0.1) is 0 Å². The van der Waals surface area contributed by atoms with Gasteiger partial charge in [-0.25, -0.2) is 0 Å². The highest BCUT2D eigenvalue weighted by Crippen LogP contribution is 2.24. The van der Waals surface area contributed by atoms with Crippen molar-refractivity contribution in [2.75, 3.05) is 26.2 Å². The zero-order chi connectivity index (χ0) is 15.1. The van der Waals surface area contributed by atoms with Crippen LogP contribution in [0, 0.1) is 0 Å². The molecule has 0 spiro atoms. The molecule has 0 bridgehead atoms. The van der Waals surface area contributed by atoms with Crippen molar-refractivity contribution in [3.05, 3.63) is 34.9 Å². The van der Waals surface area contributed by atoms with Gasteiger partial charge >= 0.3 is 0 Å². The van der Waals surface area contributed by atoms with Gasteiger partial charge in [0, 0.05) is 18.0 Å². The lowest BCUT2D eigenvalue weighted by molar-refractivity contribution is -0.139. The molecule has 1 aromatic carbocycles. The molecule has 1 aliphatic heterocycles. The maximum Gasteiger partial charge on any atom is 0.222 e. The minimum Gasteiger partial charge on any atom is -0.370 e. The summed E-state index contributed by atoms with van der Waals surface area (Å²) in [5.41, 5.74) is 6.53. The SMILES string of the molecule is NCCCCCC(=O)N1CCOC(c2ccc(Cl)cc2)C1. The minimum absolute atomic E-state index is 0.0518. The Hall–Kier alpha value is -1.10. The molecule has 1 unspecified atom stereocenters. The number of benzene rings is 1. The number of ether oxygens (including phenoxy) is 1. The summed E-state index contributed by atoms with van der Waals surface area (Å²) in [5.74, 6) is 0.217. The molecule has 0 saturated carbocycles. The molecule has 1 aliphatic rings. The Labute approximate surface area is 131 Å². The van der Waals surface area contributed by atoms with E-state index in [9.17, 15) is 4.79 Å². The number of halogens is 1. The van der Waals surface area contributed by atoms with Gasteiger partial charge in [-0.2, -0.15) is 0 Å². The third-order valence-corrected chi connectivity index (χ3v) is 4.01. The third-order valence-electron chi connectivity index (χ3n) is 3.76. The number of hydrogen-bond donors (Lipinski definition) is 1. The lowest BCUT2D eigenvalue weighted by Crippen LogP contribution is -2.42. The molecule has 4 nitrogen and oxygen atoms in total. The summed E-state index contributed by atoms with van der Waals surface area (Å²) in [6.45, 7) is 2.59. The van der Waals surface area contributed by atoms with Gasteiger partial charge < -0.3 is 15.4 Å². The molecule has 2 rings (SSSR count). The van der Waals surface area contributed by atoms with E-state index in [2.05, 4.69) is 0 Å². The Morgan fingerprint density at radius 1 is 1.29 bits per heavy atom. The quantitative estimate of drug-likeness (QED) is 0.822. The van der Waals surface area contributed by atoms with Gasteiger partial charge in [0.2, 0.25) is 5.91 Å². The summed E-state index contributed by atoms with van der Waals surface area (Å²) in [6.07, 6.45) is 3.48. The third kappa shape index (κ3) is 4.99. The van der Waals surface area contributed by atoms with Crippen molar-refractivity contribution in [1.29, 1.82) is 0 Å². The molecule has 1 aromatic rings. The first-order valence-electron chi connectivity index (χ1n) is 7.55. The predicted octanol–water partition coefficient (Wildman–Crippen LogP) is 2.76. The van der Waals surface area contributed by atoms with E-state index in [0.29, 0.717) is 37.7 Å². The topological polar surface area (TPSA) is 55.6 Å². The monoisotopic (exact) mass is 310 g/mol. The standard InChI is InChI=1S/C16H23ClN2O2/c17-14-7-5-13(6-8-14)15-12-19(10-11-21-15)16(20)4-2-1-3-9-18/h5-8,15H,1-4,9-12,18H2. The molecule has 1 saturated heterocycles. The number of nitrogens with two attached hydrogens (primary N) is 1. The molecule has 21 heavy (non-hydrogen) atoms. The predicted molar refractivity (Wildman–Crippen MR) is 84.2 cm³/mol. The van der Waals surface area contributed by atoms with E-state index in [1.54, 1.807) is 0 Å². The van der Waals surface area contributed by atoms with E-state index in [1.165, 1.54) is 0 Å². The highest BCUT2D eigenvalue weighted by Gasteiger charge is 2.24. The average molecular weight is 311 g/mol. The molecule has 5 heteroatoms. The number of rotatable bonds is 6. The van der Waals surface area contributed by atoms with Crippen molar-refractivity contribution in [1.82, 2.24) is 4.90 Å². The van der Waals surface area contributed by atoms with E-state index in [1.807, 2.05) is 29.2 Å². The lowest BCUT2D eigenvalue weighted by Gasteiger charge is -2.33. The molecule has 1 atom stereocenters. The highest BCUT2D eigenvalue weighted by atomic mass is 35.5. The number of carbonyl (C=O) groups excluding carboxylic acids is 1. The average Bonchev–Trinajstić information content (AvgIpc) is 2.52. The van der Waals surface area contributed by atoms with Crippen LogP contribution in [0.2, 0.25) is 5.02 Å². The first kappa shape index (κ1) is 16.3. The second kappa shape index (κ2) is 8.37. The number of morpholine rings is 1. The van der Waals surface area contributed by atoms with Crippen molar-refractivity contribution in [3.63, 3.8) is 0 Å². The molecule has 116 valence electrons. The number of amides is 1. The fraction of sp³-hybridized carbons (Fsp3) is 0.562. The summed E-state index contributed by atoms with van der Waals surface area (Å²) in [6, 6.07) is 7.63. The summed E-state index contributed by atoms with van der Waals surface area (Å²) in [7, 11) is 0. The molecule has 1 fully saturated rings. The summed E-state index contributed by atoms with van der Waals surface area (Å²) >= 11 is 5.90. The molecule has 0 aromatic heterocycles. The van der Waals surface area contributed by atoms with Gasteiger partial charge in [0.15, 0.2) is 0 Å². The van der Waals surface area contributed by atoms with Crippen LogP contribution in [0.25, 0.3) is 0 Å². The minimum atomic E-state index is -0.0518. The second-order valence-electron chi connectivity index (χ2n) is 5.35. The fourth-order valence-electron chi connectivity index (χ4n) is 2.51. The molecule has 2 N–H and O–H groups in total. The van der Waals surface area contributed by atoms with Crippen LogP contribution >= 0.6 is 11.6 Å². The number of carbonyl (C=O) groups is 1. The van der Waals surface area contributed by atoms with Crippen LogP contribution in [-0.2, 0) is 9.53 Å².